The minimum absolute atomic E-state index is 0.141. The van der Waals surface area contributed by atoms with Crippen molar-refractivity contribution in [2.75, 3.05) is 19.7 Å². The van der Waals surface area contributed by atoms with Crippen molar-refractivity contribution in [2.24, 2.45) is 11.5 Å². The predicted octanol–water partition coefficient (Wildman–Crippen LogP) is -3.05. The van der Waals surface area contributed by atoms with Crippen LogP contribution in [-0.4, -0.2) is 93.7 Å². The maximum atomic E-state index is 12.7. The van der Waals surface area contributed by atoms with E-state index < -0.39 is 66.9 Å². The van der Waals surface area contributed by atoms with E-state index in [0.717, 1.165) is 4.90 Å². The Morgan fingerprint density at radius 3 is 2.23 bits per heavy atom. The highest BCUT2D eigenvalue weighted by atomic mass is 16.4. The van der Waals surface area contributed by atoms with Crippen LogP contribution in [-0.2, 0) is 24.0 Å². The van der Waals surface area contributed by atoms with Crippen LogP contribution in [0.2, 0.25) is 0 Å². The van der Waals surface area contributed by atoms with E-state index in [2.05, 4.69) is 10.6 Å². The molecule has 1 rings (SSSR count). The number of rotatable bonds is 13. The molecule has 4 atom stereocenters. The number of aliphatic hydroxyl groups is 1. The van der Waals surface area contributed by atoms with Gasteiger partial charge in [-0.3, -0.25) is 19.2 Å². The van der Waals surface area contributed by atoms with E-state index in [4.69, 9.17) is 16.6 Å². The first-order valence-corrected chi connectivity index (χ1v) is 10.0. The average Bonchev–Trinajstić information content (AvgIpc) is 3.20. The summed E-state index contributed by atoms with van der Waals surface area (Å²) in [6.45, 7) is -0.234. The summed E-state index contributed by atoms with van der Waals surface area (Å²) in [6.07, 6.45) is 1.26. The highest BCUT2D eigenvalue weighted by molar-refractivity contribution is 5.94. The molecule has 0 aromatic carbocycles. The number of nitrogens with one attached hydrogen (secondary N) is 2. The van der Waals surface area contributed by atoms with Crippen LogP contribution in [0.3, 0.4) is 0 Å². The molecule has 0 spiro atoms. The van der Waals surface area contributed by atoms with E-state index in [1.165, 1.54) is 0 Å². The second-order valence-electron chi connectivity index (χ2n) is 7.32. The van der Waals surface area contributed by atoms with Crippen LogP contribution >= 0.6 is 0 Å². The summed E-state index contributed by atoms with van der Waals surface area (Å²) in [5, 5.41) is 32.3. The molecule has 1 heterocycles. The molecule has 13 heteroatoms. The second-order valence-corrected chi connectivity index (χ2v) is 7.32. The van der Waals surface area contributed by atoms with E-state index in [1.807, 2.05) is 0 Å². The molecule has 0 radical (unpaired) electrons. The molecule has 3 amide bonds. The molecule has 31 heavy (non-hydrogen) atoms. The lowest BCUT2D eigenvalue weighted by Crippen LogP contribution is -2.58. The van der Waals surface area contributed by atoms with E-state index in [-0.39, 0.29) is 19.4 Å². The van der Waals surface area contributed by atoms with Crippen LogP contribution in [0, 0.1) is 0 Å². The van der Waals surface area contributed by atoms with Gasteiger partial charge in [0.05, 0.1) is 19.1 Å². The Bertz CT molecular complexity index is 673. The number of carboxylic acids is 2. The van der Waals surface area contributed by atoms with Gasteiger partial charge >= 0.3 is 11.9 Å². The lowest BCUT2D eigenvalue weighted by molar-refractivity contribution is -0.150. The normalized spacial score (nSPS) is 18.7. The highest BCUT2D eigenvalue weighted by Crippen LogP contribution is 2.18. The Hall–Kier alpha value is -2.77. The third-order valence-electron chi connectivity index (χ3n) is 4.93. The molecule has 176 valence electrons. The lowest BCUT2D eigenvalue weighted by atomic mass is 10.1. The van der Waals surface area contributed by atoms with Crippen molar-refractivity contribution < 1.29 is 39.3 Å². The van der Waals surface area contributed by atoms with Gasteiger partial charge in [-0.25, -0.2) is 4.79 Å². The quantitative estimate of drug-likeness (QED) is 0.142. The summed E-state index contributed by atoms with van der Waals surface area (Å²) >= 11 is 0. The van der Waals surface area contributed by atoms with Gasteiger partial charge in [0.1, 0.15) is 18.1 Å². The first-order valence-electron chi connectivity index (χ1n) is 10.0. The summed E-state index contributed by atoms with van der Waals surface area (Å²) < 4.78 is 0. The minimum Gasteiger partial charge on any atom is -0.481 e. The van der Waals surface area contributed by atoms with Crippen LogP contribution in [0.5, 0.6) is 0 Å². The molecule has 9 N–H and O–H groups in total. The van der Waals surface area contributed by atoms with Crippen LogP contribution in [0.4, 0.5) is 0 Å². The van der Waals surface area contributed by atoms with Gasteiger partial charge in [0.2, 0.25) is 17.7 Å². The van der Waals surface area contributed by atoms with Crippen molar-refractivity contribution in [1.29, 1.82) is 0 Å². The van der Waals surface area contributed by atoms with E-state index >= 15 is 0 Å². The number of carbonyl (C=O) groups is 5. The Labute approximate surface area is 179 Å². The standard InChI is InChI=1S/C18H31N5O8/c19-6-2-1-4-11(21-15(27)10(20)8-14(25)26)16(28)22-12(9-24)17(29)23-7-3-5-13(23)18(30)31/h10-13,24H,1-9,19-20H2,(H,21,27)(H,22,28)(H,25,26)(H,30,31). The molecule has 0 saturated carbocycles. The highest BCUT2D eigenvalue weighted by Gasteiger charge is 2.38. The number of unbranched alkanes of at least 4 members (excludes halogenated alkanes) is 1. The number of aliphatic hydroxyl groups excluding tert-OH is 1. The van der Waals surface area contributed by atoms with Crippen LogP contribution < -0.4 is 22.1 Å². The van der Waals surface area contributed by atoms with Crippen LogP contribution in [0.25, 0.3) is 0 Å². The number of hydrogen-bond donors (Lipinski definition) is 7. The van der Waals surface area contributed by atoms with Gasteiger partial charge in [-0.15, -0.1) is 0 Å². The summed E-state index contributed by atoms with van der Waals surface area (Å²) in [6, 6.07) is -4.95. The topological polar surface area (TPSA) is 225 Å². The number of aliphatic carboxylic acids is 2. The maximum absolute atomic E-state index is 12.7. The fraction of sp³-hybridized carbons (Fsp3) is 0.722. The SMILES string of the molecule is NCCCCC(NC(=O)C(N)CC(=O)O)C(=O)NC(CO)C(=O)N1CCCC1C(=O)O. The zero-order chi connectivity index (χ0) is 23.6. The smallest absolute Gasteiger partial charge is 0.326 e. The summed E-state index contributed by atoms with van der Waals surface area (Å²) in [7, 11) is 0. The van der Waals surface area contributed by atoms with Crippen molar-refractivity contribution >= 4 is 29.7 Å². The first kappa shape index (κ1) is 26.3. The third kappa shape index (κ3) is 8.11. The molecule has 0 aromatic rings. The predicted molar refractivity (Wildman–Crippen MR) is 106 cm³/mol. The van der Waals surface area contributed by atoms with Gasteiger partial charge in [-0.1, -0.05) is 0 Å². The molecule has 4 unspecified atom stereocenters. The number of carbonyl (C=O) groups excluding carboxylic acids is 3. The number of carboxylic acid groups (broad SMARTS) is 2. The van der Waals surface area contributed by atoms with Gasteiger partial charge in [0, 0.05) is 6.54 Å². The van der Waals surface area contributed by atoms with Crippen LogP contribution in [0.15, 0.2) is 0 Å². The molecule has 1 fully saturated rings. The van der Waals surface area contributed by atoms with Crippen molar-refractivity contribution in [3.05, 3.63) is 0 Å². The van der Waals surface area contributed by atoms with E-state index in [0.29, 0.717) is 25.8 Å². The third-order valence-corrected chi connectivity index (χ3v) is 4.93. The van der Waals surface area contributed by atoms with Gasteiger partial charge in [0.15, 0.2) is 0 Å². The largest absolute Gasteiger partial charge is 0.481 e. The van der Waals surface area contributed by atoms with Gasteiger partial charge in [-0.05, 0) is 38.6 Å². The molecule has 1 aliphatic heterocycles. The van der Waals surface area contributed by atoms with Crippen molar-refractivity contribution in [3.8, 4) is 0 Å². The fourth-order valence-corrected chi connectivity index (χ4v) is 3.27. The van der Waals surface area contributed by atoms with Gasteiger partial charge < -0.3 is 42.3 Å². The second kappa shape index (κ2) is 12.8. The average molecular weight is 445 g/mol. The van der Waals surface area contributed by atoms with Gasteiger partial charge in [0.25, 0.3) is 0 Å². The molecule has 0 aromatic heterocycles. The zero-order valence-electron chi connectivity index (χ0n) is 17.2. The molecular formula is C18H31N5O8. The van der Waals surface area contributed by atoms with E-state index in [1.54, 1.807) is 0 Å². The number of amides is 3. The Kier molecular flexibility index (Phi) is 10.9. The van der Waals surface area contributed by atoms with Crippen LogP contribution in [0.1, 0.15) is 38.5 Å². The Morgan fingerprint density at radius 2 is 1.68 bits per heavy atom. The fourth-order valence-electron chi connectivity index (χ4n) is 3.27. The molecule has 0 aliphatic carbocycles. The number of nitrogens with zero attached hydrogens (tertiary/aromatic N) is 1. The summed E-state index contributed by atoms with van der Waals surface area (Å²) in [5.74, 6) is -4.83. The monoisotopic (exact) mass is 445 g/mol. The molecule has 1 saturated heterocycles. The number of hydrogen-bond acceptors (Lipinski definition) is 8. The lowest BCUT2D eigenvalue weighted by Gasteiger charge is -2.28. The van der Waals surface area contributed by atoms with Crippen molar-refractivity contribution in [1.82, 2.24) is 15.5 Å². The molecular weight excluding hydrogens is 414 g/mol. The number of nitrogens with two attached hydrogens (primary N) is 2. The zero-order valence-corrected chi connectivity index (χ0v) is 17.2. The van der Waals surface area contributed by atoms with Gasteiger partial charge in [-0.2, -0.15) is 0 Å². The minimum atomic E-state index is -1.39. The first-order chi connectivity index (χ1) is 14.6. The molecule has 0 bridgehead atoms. The molecule has 13 nitrogen and oxygen atoms in total. The summed E-state index contributed by atoms with van der Waals surface area (Å²) in [5.41, 5.74) is 11.0. The Balaban J connectivity index is 2.86. The van der Waals surface area contributed by atoms with E-state index in [9.17, 15) is 34.2 Å². The maximum Gasteiger partial charge on any atom is 0.326 e. The Morgan fingerprint density at radius 1 is 1.03 bits per heavy atom. The molecule has 1 aliphatic rings. The van der Waals surface area contributed by atoms with Crippen molar-refractivity contribution in [2.45, 2.75) is 62.7 Å². The van der Waals surface area contributed by atoms with Crippen molar-refractivity contribution in [3.63, 3.8) is 0 Å². The number of likely N-dealkylation sites (tertiary alicyclic amines) is 1. The summed E-state index contributed by atoms with van der Waals surface area (Å²) in [4.78, 5) is 60.7.